The van der Waals surface area contributed by atoms with Gasteiger partial charge in [-0.15, -0.1) is 11.3 Å². The standard InChI is InChI=1S/C22H18F2N2OS/c1-13-8-18(14-2-3-16(11-25)19(23)9-14)22(28-13)15-4-5-21(20(24)10-15)26-7-6-17(27)12-26/h2-5,8-10,17,27H,6-7,12H2,1H3. The molecule has 0 saturated carbocycles. The summed E-state index contributed by atoms with van der Waals surface area (Å²) in [7, 11) is 0. The molecule has 1 N–H and O–H groups in total. The largest absolute Gasteiger partial charge is 0.391 e. The van der Waals surface area contributed by atoms with Gasteiger partial charge in [0.2, 0.25) is 0 Å². The Labute approximate surface area is 166 Å². The lowest BCUT2D eigenvalue weighted by Gasteiger charge is -2.19. The average Bonchev–Trinajstić information content (AvgIpc) is 3.27. The number of nitrogens with zero attached hydrogens (tertiary/aromatic N) is 2. The molecule has 4 rings (SSSR count). The summed E-state index contributed by atoms with van der Waals surface area (Å²) in [5, 5.41) is 18.6. The molecule has 1 fully saturated rings. The predicted octanol–water partition coefficient (Wildman–Crippen LogP) is 5.11. The fraction of sp³-hybridized carbons (Fsp3) is 0.227. The highest BCUT2D eigenvalue weighted by molar-refractivity contribution is 7.16. The number of hydrogen-bond donors (Lipinski definition) is 1. The van der Waals surface area contributed by atoms with Crippen molar-refractivity contribution in [2.24, 2.45) is 0 Å². The fourth-order valence-electron chi connectivity index (χ4n) is 3.58. The number of thiophene rings is 1. The van der Waals surface area contributed by atoms with E-state index in [4.69, 9.17) is 5.26 Å². The summed E-state index contributed by atoms with van der Waals surface area (Å²) in [6.07, 6.45) is 0.219. The monoisotopic (exact) mass is 396 g/mol. The van der Waals surface area contributed by atoms with E-state index in [1.54, 1.807) is 12.1 Å². The van der Waals surface area contributed by atoms with Gasteiger partial charge in [0.25, 0.3) is 0 Å². The molecule has 1 aromatic heterocycles. The second kappa shape index (κ2) is 7.34. The minimum Gasteiger partial charge on any atom is -0.391 e. The molecule has 3 aromatic rings. The topological polar surface area (TPSA) is 47.3 Å². The van der Waals surface area contributed by atoms with Crippen LogP contribution in [0.4, 0.5) is 14.5 Å². The fourth-order valence-corrected chi connectivity index (χ4v) is 4.61. The molecule has 3 nitrogen and oxygen atoms in total. The third-order valence-electron chi connectivity index (χ3n) is 4.97. The molecule has 0 spiro atoms. The first-order valence-corrected chi connectivity index (χ1v) is 9.81. The zero-order valence-corrected chi connectivity index (χ0v) is 16.1. The van der Waals surface area contributed by atoms with Crippen LogP contribution in [0.2, 0.25) is 0 Å². The van der Waals surface area contributed by atoms with Crippen molar-refractivity contribution in [1.82, 2.24) is 0 Å². The minimum absolute atomic E-state index is 0.000416. The maximum Gasteiger partial charge on any atom is 0.147 e. The molecule has 28 heavy (non-hydrogen) atoms. The third-order valence-corrected chi connectivity index (χ3v) is 6.07. The number of β-amino-alcohol motifs (C(OH)–C–C–N with tert-alkyl or cyclic N) is 1. The van der Waals surface area contributed by atoms with Crippen LogP contribution in [0.5, 0.6) is 0 Å². The van der Waals surface area contributed by atoms with E-state index in [9.17, 15) is 13.9 Å². The van der Waals surface area contributed by atoms with Crippen LogP contribution in [0.3, 0.4) is 0 Å². The molecule has 1 unspecified atom stereocenters. The quantitative estimate of drug-likeness (QED) is 0.669. The number of rotatable bonds is 3. The van der Waals surface area contributed by atoms with Gasteiger partial charge in [-0.05, 0) is 54.8 Å². The first-order valence-electron chi connectivity index (χ1n) is 8.99. The second-order valence-corrected chi connectivity index (χ2v) is 8.22. The summed E-state index contributed by atoms with van der Waals surface area (Å²) in [4.78, 5) is 3.73. The molecule has 1 saturated heterocycles. The Morgan fingerprint density at radius 1 is 1.11 bits per heavy atom. The highest BCUT2D eigenvalue weighted by Gasteiger charge is 2.23. The van der Waals surface area contributed by atoms with Gasteiger partial charge >= 0.3 is 0 Å². The molecule has 6 heteroatoms. The van der Waals surface area contributed by atoms with E-state index in [0.717, 1.165) is 20.9 Å². The number of aliphatic hydroxyl groups is 1. The lowest BCUT2D eigenvalue weighted by Crippen LogP contribution is -2.22. The van der Waals surface area contributed by atoms with Crippen molar-refractivity contribution in [2.75, 3.05) is 18.0 Å². The molecule has 1 aliphatic heterocycles. The average molecular weight is 396 g/mol. The van der Waals surface area contributed by atoms with Crippen LogP contribution >= 0.6 is 11.3 Å². The number of halogens is 2. The summed E-state index contributed by atoms with van der Waals surface area (Å²) < 4.78 is 28.9. The normalized spacial score (nSPS) is 16.4. The van der Waals surface area contributed by atoms with Crippen molar-refractivity contribution in [1.29, 1.82) is 5.26 Å². The smallest absolute Gasteiger partial charge is 0.147 e. The van der Waals surface area contributed by atoms with Crippen LogP contribution < -0.4 is 4.90 Å². The van der Waals surface area contributed by atoms with Crippen molar-refractivity contribution in [2.45, 2.75) is 19.4 Å². The van der Waals surface area contributed by atoms with Crippen LogP contribution in [0.25, 0.3) is 21.6 Å². The molecule has 0 amide bonds. The van der Waals surface area contributed by atoms with Gasteiger partial charge in [-0.1, -0.05) is 12.1 Å². The van der Waals surface area contributed by atoms with Gasteiger partial charge in [0.05, 0.1) is 17.4 Å². The molecule has 0 bridgehead atoms. The van der Waals surface area contributed by atoms with E-state index in [0.29, 0.717) is 30.8 Å². The van der Waals surface area contributed by atoms with Gasteiger partial charge in [-0.3, -0.25) is 0 Å². The van der Waals surface area contributed by atoms with Crippen LogP contribution in [0.1, 0.15) is 16.9 Å². The number of nitriles is 1. The van der Waals surface area contributed by atoms with Gasteiger partial charge in [0.1, 0.15) is 17.7 Å². The molecule has 142 valence electrons. The Morgan fingerprint density at radius 2 is 1.86 bits per heavy atom. The minimum atomic E-state index is -0.566. The molecule has 1 atom stereocenters. The lowest BCUT2D eigenvalue weighted by molar-refractivity contribution is 0.198. The first-order chi connectivity index (χ1) is 13.5. The zero-order chi connectivity index (χ0) is 19.8. The Morgan fingerprint density at radius 3 is 2.50 bits per heavy atom. The molecule has 0 radical (unpaired) electrons. The zero-order valence-electron chi connectivity index (χ0n) is 15.2. The van der Waals surface area contributed by atoms with Crippen molar-refractivity contribution < 1.29 is 13.9 Å². The van der Waals surface area contributed by atoms with Gasteiger partial charge in [0, 0.05) is 28.4 Å². The molecule has 1 aliphatic rings. The van der Waals surface area contributed by atoms with Crippen LogP contribution in [-0.2, 0) is 0 Å². The lowest BCUT2D eigenvalue weighted by atomic mass is 10.0. The maximum absolute atomic E-state index is 14.8. The summed E-state index contributed by atoms with van der Waals surface area (Å²) in [6, 6.07) is 13.4. The molecular formula is C22H18F2N2OS. The number of aliphatic hydroxyl groups excluding tert-OH is 1. The van der Waals surface area contributed by atoms with E-state index in [2.05, 4.69) is 0 Å². The Kier molecular flexibility index (Phi) is 4.88. The maximum atomic E-state index is 14.8. The number of anilines is 1. The van der Waals surface area contributed by atoms with E-state index in [1.165, 1.54) is 29.5 Å². The molecule has 2 heterocycles. The highest BCUT2D eigenvalue weighted by Crippen LogP contribution is 2.40. The summed E-state index contributed by atoms with van der Waals surface area (Å²) in [5.74, 6) is -0.904. The third kappa shape index (κ3) is 3.39. The number of aryl methyl sites for hydroxylation is 1. The SMILES string of the molecule is Cc1cc(-c2ccc(C#N)c(F)c2)c(-c2ccc(N3CCC(O)C3)c(F)c2)s1. The van der Waals surface area contributed by atoms with Gasteiger partial charge in [0.15, 0.2) is 0 Å². The summed E-state index contributed by atoms with van der Waals surface area (Å²) in [5.41, 5.74) is 2.68. The second-order valence-electron chi connectivity index (χ2n) is 6.96. The summed E-state index contributed by atoms with van der Waals surface area (Å²) >= 11 is 1.52. The van der Waals surface area contributed by atoms with Crippen LogP contribution in [0, 0.1) is 29.9 Å². The number of benzene rings is 2. The van der Waals surface area contributed by atoms with E-state index in [-0.39, 0.29) is 11.4 Å². The van der Waals surface area contributed by atoms with Crippen molar-refractivity contribution >= 4 is 17.0 Å². The highest BCUT2D eigenvalue weighted by atomic mass is 32.1. The van der Waals surface area contributed by atoms with Gasteiger partial charge in [-0.2, -0.15) is 5.26 Å². The molecular weight excluding hydrogens is 378 g/mol. The Bertz CT molecular complexity index is 1090. The summed E-state index contributed by atoms with van der Waals surface area (Å²) in [6.45, 7) is 3.02. The van der Waals surface area contributed by atoms with Gasteiger partial charge in [-0.25, -0.2) is 8.78 Å². The van der Waals surface area contributed by atoms with Crippen molar-refractivity contribution in [3.63, 3.8) is 0 Å². The van der Waals surface area contributed by atoms with E-state index >= 15 is 0 Å². The van der Waals surface area contributed by atoms with E-state index < -0.39 is 11.9 Å². The van der Waals surface area contributed by atoms with Gasteiger partial charge < -0.3 is 10.0 Å². The first kappa shape index (κ1) is 18.6. The van der Waals surface area contributed by atoms with Crippen molar-refractivity contribution in [3.05, 3.63) is 64.5 Å². The van der Waals surface area contributed by atoms with Crippen LogP contribution in [-0.4, -0.2) is 24.3 Å². The molecule has 0 aliphatic carbocycles. The Balaban J connectivity index is 1.74. The van der Waals surface area contributed by atoms with E-state index in [1.807, 2.05) is 30.0 Å². The Hall–Kier alpha value is -2.75. The van der Waals surface area contributed by atoms with Crippen molar-refractivity contribution in [3.8, 4) is 27.6 Å². The number of hydrogen-bond acceptors (Lipinski definition) is 4. The van der Waals surface area contributed by atoms with Crippen LogP contribution in [0.15, 0.2) is 42.5 Å². The predicted molar refractivity (Wildman–Crippen MR) is 107 cm³/mol. The molecule has 2 aromatic carbocycles.